The molecule has 2 saturated carbocycles. The Morgan fingerprint density at radius 1 is 0.917 bits per heavy atom. The summed E-state index contributed by atoms with van der Waals surface area (Å²) in [7, 11) is 0. The number of esters is 1. The van der Waals surface area contributed by atoms with Crippen molar-refractivity contribution in [2.24, 2.45) is 11.3 Å². The first kappa shape index (κ1) is 34.7. The SMILES string of the molecule is CC(C)(CNC(=O)C(=O)OCC1CC1)CNC(=O)c1ccc(Nc2nc(NC3(c4ccc(Cl)cc4)CC3)nc(OCC(F)(F)F)n2)cc1. The van der Waals surface area contributed by atoms with E-state index in [0.717, 1.165) is 31.2 Å². The normalized spacial score (nSPS) is 15.2. The molecule has 1 heterocycles. The van der Waals surface area contributed by atoms with E-state index in [9.17, 15) is 27.6 Å². The molecule has 0 radical (unpaired) electrons. The van der Waals surface area contributed by atoms with E-state index < -0.39 is 41.6 Å². The minimum absolute atomic E-state index is 0.0158. The van der Waals surface area contributed by atoms with Crippen LogP contribution in [0.1, 0.15) is 55.5 Å². The maximum Gasteiger partial charge on any atom is 0.422 e. The largest absolute Gasteiger partial charge is 0.458 e. The Balaban J connectivity index is 1.18. The number of rotatable bonds is 14. The Labute approximate surface area is 279 Å². The van der Waals surface area contributed by atoms with Gasteiger partial charge >= 0.3 is 24.1 Å². The van der Waals surface area contributed by atoms with Gasteiger partial charge in [-0.1, -0.05) is 37.6 Å². The lowest BCUT2D eigenvalue weighted by atomic mass is 9.93. The smallest absolute Gasteiger partial charge is 0.422 e. The second kappa shape index (κ2) is 14.2. The minimum atomic E-state index is -4.60. The molecule has 2 amide bonds. The summed E-state index contributed by atoms with van der Waals surface area (Å²) in [5.74, 6) is -1.84. The van der Waals surface area contributed by atoms with Crippen molar-refractivity contribution in [1.29, 1.82) is 0 Å². The van der Waals surface area contributed by atoms with Gasteiger partial charge in [0, 0.05) is 29.4 Å². The summed E-state index contributed by atoms with van der Waals surface area (Å²) in [5.41, 5.74) is 0.606. The zero-order valence-electron chi connectivity index (χ0n) is 26.2. The van der Waals surface area contributed by atoms with Crippen LogP contribution < -0.4 is 26.0 Å². The average Bonchev–Trinajstić information content (AvgIpc) is 3.98. The highest BCUT2D eigenvalue weighted by Crippen LogP contribution is 2.48. The molecule has 0 atom stereocenters. The molecule has 0 bridgehead atoms. The third kappa shape index (κ3) is 10.2. The van der Waals surface area contributed by atoms with Gasteiger partial charge in [0.1, 0.15) is 0 Å². The van der Waals surface area contributed by atoms with Crippen LogP contribution in [0.15, 0.2) is 48.5 Å². The van der Waals surface area contributed by atoms with Crippen molar-refractivity contribution < 1.29 is 37.0 Å². The molecule has 16 heteroatoms. The van der Waals surface area contributed by atoms with Crippen molar-refractivity contribution in [3.05, 3.63) is 64.7 Å². The van der Waals surface area contributed by atoms with Gasteiger partial charge in [-0.2, -0.15) is 28.1 Å². The predicted octanol–water partition coefficient (Wildman–Crippen LogP) is 5.14. The number of carbonyl (C=O) groups is 3. The van der Waals surface area contributed by atoms with Gasteiger partial charge in [-0.05, 0) is 79.0 Å². The zero-order valence-corrected chi connectivity index (χ0v) is 27.0. The number of amides is 2. The van der Waals surface area contributed by atoms with Crippen molar-refractivity contribution in [2.45, 2.75) is 51.2 Å². The van der Waals surface area contributed by atoms with E-state index >= 15 is 0 Å². The van der Waals surface area contributed by atoms with Crippen molar-refractivity contribution in [3.63, 3.8) is 0 Å². The topological polar surface area (TPSA) is 156 Å². The van der Waals surface area contributed by atoms with Gasteiger partial charge in [0.2, 0.25) is 11.9 Å². The van der Waals surface area contributed by atoms with Crippen LogP contribution in [0.5, 0.6) is 6.01 Å². The summed E-state index contributed by atoms with van der Waals surface area (Å²) >= 11 is 6.02. The first-order valence-corrected chi connectivity index (χ1v) is 15.7. The van der Waals surface area contributed by atoms with E-state index in [2.05, 4.69) is 36.2 Å². The molecular formula is C32H35ClF3N7O5. The number of hydrogen-bond donors (Lipinski definition) is 4. The third-order valence-corrected chi connectivity index (χ3v) is 7.92. The molecule has 48 heavy (non-hydrogen) atoms. The van der Waals surface area contributed by atoms with Crippen LogP contribution in [0.3, 0.4) is 0 Å². The molecule has 3 aromatic rings. The first-order valence-electron chi connectivity index (χ1n) is 15.3. The number of hydrogen-bond acceptors (Lipinski definition) is 10. The summed E-state index contributed by atoms with van der Waals surface area (Å²) in [6.45, 7) is 2.63. The Bertz CT molecular complexity index is 1630. The lowest BCUT2D eigenvalue weighted by Crippen LogP contribution is -2.44. The Morgan fingerprint density at radius 3 is 2.19 bits per heavy atom. The highest BCUT2D eigenvalue weighted by molar-refractivity contribution is 6.32. The number of ether oxygens (including phenoxy) is 2. The number of benzene rings is 2. The van der Waals surface area contributed by atoms with E-state index in [1.54, 1.807) is 36.4 Å². The van der Waals surface area contributed by atoms with Crippen LogP contribution in [0, 0.1) is 11.3 Å². The molecule has 0 unspecified atom stereocenters. The fraction of sp³-hybridized carbons (Fsp3) is 0.438. The molecule has 2 aliphatic carbocycles. The highest BCUT2D eigenvalue weighted by Gasteiger charge is 2.45. The van der Waals surface area contributed by atoms with Crippen LogP contribution in [-0.4, -0.2) is 65.2 Å². The Morgan fingerprint density at radius 2 is 1.56 bits per heavy atom. The molecule has 0 aliphatic heterocycles. The maximum absolute atomic E-state index is 12.9. The monoisotopic (exact) mass is 689 g/mol. The number of nitrogens with zero attached hydrogens (tertiary/aromatic N) is 3. The van der Waals surface area contributed by atoms with Gasteiger partial charge in [-0.25, -0.2) is 4.79 Å². The summed E-state index contributed by atoms with van der Waals surface area (Å²) < 4.78 is 48.5. The first-order chi connectivity index (χ1) is 22.7. The van der Waals surface area contributed by atoms with Gasteiger partial charge in [-0.3, -0.25) is 9.59 Å². The summed E-state index contributed by atoms with van der Waals surface area (Å²) in [5, 5.41) is 12.1. The zero-order chi connectivity index (χ0) is 34.5. The lowest BCUT2D eigenvalue weighted by Gasteiger charge is -2.25. The van der Waals surface area contributed by atoms with E-state index in [0.29, 0.717) is 22.2 Å². The van der Waals surface area contributed by atoms with E-state index in [1.165, 1.54) is 0 Å². The number of aromatic nitrogens is 3. The summed E-state index contributed by atoms with van der Waals surface area (Å²) in [4.78, 5) is 49.1. The fourth-order valence-electron chi connectivity index (χ4n) is 4.53. The molecule has 2 aromatic carbocycles. The quantitative estimate of drug-likeness (QED) is 0.132. The molecule has 12 nitrogen and oxygen atoms in total. The average molecular weight is 690 g/mol. The molecule has 2 aliphatic rings. The van der Waals surface area contributed by atoms with E-state index in [1.807, 2.05) is 26.0 Å². The Hall–Kier alpha value is -4.66. The highest BCUT2D eigenvalue weighted by atomic mass is 35.5. The van der Waals surface area contributed by atoms with Crippen LogP contribution in [-0.2, 0) is 19.9 Å². The summed E-state index contributed by atoms with van der Waals surface area (Å²) in [6, 6.07) is 12.9. The third-order valence-electron chi connectivity index (χ3n) is 7.67. The lowest BCUT2D eigenvalue weighted by molar-refractivity contribution is -0.155. The number of nitrogens with one attached hydrogen (secondary N) is 4. The molecule has 4 N–H and O–H groups in total. The van der Waals surface area contributed by atoms with E-state index in [-0.39, 0.29) is 37.5 Å². The van der Waals surface area contributed by atoms with Crippen molar-refractivity contribution in [2.75, 3.05) is 36.9 Å². The summed E-state index contributed by atoms with van der Waals surface area (Å²) in [6.07, 6.45) is -1.12. The number of anilines is 3. The van der Waals surface area contributed by atoms with Gasteiger partial charge in [0.15, 0.2) is 6.61 Å². The van der Waals surface area contributed by atoms with Crippen molar-refractivity contribution in [3.8, 4) is 6.01 Å². The predicted molar refractivity (Wildman–Crippen MR) is 170 cm³/mol. The van der Waals surface area contributed by atoms with Gasteiger partial charge in [0.25, 0.3) is 5.91 Å². The molecule has 0 spiro atoms. The molecular weight excluding hydrogens is 655 g/mol. The standard InChI is InChI=1S/C32H35ClF3N7O5/c1-30(2,17-38-25(45)26(46)47-15-19-3-4-19)16-37-24(44)20-5-11-23(12-6-20)39-27-40-28(42-29(41-27)48-18-32(34,35)36)43-31(13-14-31)21-7-9-22(33)10-8-21/h5-12,19H,3-4,13-18H2,1-2H3,(H,37,44)(H,38,45)(H2,39,40,41,42,43). The van der Waals surface area contributed by atoms with Crippen LogP contribution in [0.4, 0.5) is 30.8 Å². The van der Waals surface area contributed by atoms with Crippen molar-refractivity contribution in [1.82, 2.24) is 25.6 Å². The number of halogens is 4. The molecule has 256 valence electrons. The van der Waals surface area contributed by atoms with Gasteiger partial charge in [-0.15, -0.1) is 0 Å². The number of alkyl halides is 3. The second-order valence-electron chi connectivity index (χ2n) is 12.7. The molecule has 0 saturated heterocycles. The van der Waals surface area contributed by atoms with Crippen molar-refractivity contribution >= 4 is 47.0 Å². The maximum atomic E-state index is 12.9. The fourth-order valence-corrected chi connectivity index (χ4v) is 4.65. The second-order valence-corrected chi connectivity index (χ2v) is 13.1. The van der Waals surface area contributed by atoms with E-state index in [4.69, 9.17) is 21.1 Å². The minimum Gasteiger partial charge on any atom is -0.458 e. The van der Waals surface area contributed by atoms with Gasteiger partial charge in [0.05, 0.1) is 12.1 Å². The molecule has 2 fully saturated rings. The van der Waals surface area contributed by atoms with Gasteiger partial charge < -0.3 is 30.7 Å². The molecule has 1 aromatic heterocycles. The number of carbonyl (C=O) groups excluding carboxylic acids is 3. The van der Waals surface area contributed by atoms with Crippen LogP contribution in [0.2, 0.25) is 5.02 Å². The molecule has 5 rings (SSSR count). The Kier molecular flexibility index (Phi) is 10.3. The van der Waals surface area contributed by atoms with Crippen LogP contribution >= 0.6 is 11.6 Å². The van der Waals surface area contributed by atoms with Crippen LogP contribution in [0.25, 0.3) is 0 Å².